The first-order chi connectivity index (χ1) is 12.5. The fourth-order valence-corrected chi connectivity index (χ4v) is 3.34. The topological polar surface area (TPSA) is 58.4 Å². The fourth-order valence-electron chi connectivity index (χ4n) is 3.34. The zero-order valence-electron chi connectivity index (χ0n) is 15.3. The van der Waals surface area contributed by atoms with E-state index in [9.17, 15) is 9.59 Å². The largest absolute Gasteiger partial charge is 0.335 e. The third-order valence-electron chi connectivity index (χ3n) is 4.77. The molecule has 1 aliphatic heterocycles. The Hall–Kier alpha value is -2.89. The number of rotatable bonds is 4. The monoisotopic (exact) mass is 352 g/mol. The average molecular weight is 352 g/mol. The molecule has 0 radical (unpaired) electrons. The zero-order chi connectivity index (χ0) is 18.7. The minimum absolute atomic E-state index is 0.0119. The molecule has 0 atom stereocenters. The molecular formula is C20H24N4O2. The van der Waals surface area contributed by atoms with Crippen LogP contribution in [0.25, 0.3) is 0 Å². The summed E-state index contributed by atoms with van der Waals surface area (Å²) in [4.78, 5) is 29.1. The lowest BCUT2D eigenvalue weighted by molar-refractivity contribution is 0.0534. The Morgan fingerprint density at radius 3 is 2.19 bits per heavy atom. The summed E-state index contributed by atoms with van der Waals surface area (Å²) >= 11 is 0. The smallest absolute Gasteiger partial charge is 0.257 e. The summed E-state index contributed by atoms with van der Waals surface area (Å²) in [6.07, 6.45) is 1.77. The van der Waals surface area contributed by atoms with E-state index in [1.54, 1.807) is 15.7 Å². The molecule has 0 spiro atoms. The molecule has 6 nitrogen and oxygen atoms in total. The van der Waals surface area contributed by atoms with Gasteiger partial charge in [0.1, 0.15) is 0 Å². The Morgan fingerprint density at radius 2 is 1.62 bits per heavy atom. The molecule has 0 saturated carbocycles. The second-order valence-corrected chi connectivity index (χ2v) is 6.47. The average Bonchev–Trinajstić information content (AvgIpc) is 2.95. The first-order valence-corrected chi connectivity index (χ1v) is 8.81. The van der Waals surface area contributed by atoms with Gasteiger partial charge in [-0.25, -0.2) is 0 Å². The van der Waals surface area contributed by atoms with Gasteiger partial charge >= 0.3 is 0 Å². The summed E-state index contributed by atoms with van der Waals surface area (Å²) in [6, 6.07) is 9.25. The van der Waals surface area contributed by atoms with Crippen molar-refractivity contribution in [1.82, 2.24) is 19.6 Å². The number of piperazine rings is 1. The third kappa shape index (κ3) is 3.40. The molecule has 0 aliphatic carbocycles. The molecule has 1 saturated heterocycles. The van der Waals surface area contributed by atoms with E-state index < -0.39 is 0 Å². The lowest BCUT2D eigenvalue weighted by Crippen LogP contribution is -2.50. The predicted octanol–water partition coefficient (Wildman–Crippen LogP) is 2.28. The van der Waals surface area contributed by atoms with Crippen LogP contribution in [0.2, 0.25) is 0 Å². The van der Waals surface area contributed by atoms with Gasteiger partial charge in [0.15, 0.2) is 0 Å². The molecular weight excluding hydrogens is 328 g/mol. The van der Waals surface area contributed by atoms with Crippen LogP contribution >= 0.6 is 0 Å². The van der Waals surface area contributed by atoms with Crippen molar-refractivity contribution in [3.8, 4) is 0 Å². The Morgan fingerprint density at radius 1 is 1.04 bits per heavy atom. The van der Waals surface area contributed by atoms with E-state index >= 15 is 0 Å². The Kier molecular flexibility index (Phi) is 5.21. The van der Waals surface area contributed by atoms with Crippen LogP contribution in [0.15, 0.2) is 43.0 Å². The maximum Gasteiger partial charge on any atom is 0.257 e. The number of benzene rings is 1. The molecule has 2 aromatic rings. The van der Waals surface area contributed by atoms with Crippen molar-refractivity contribution in [3.05, 3.63) is 65.5 Å². The number of carbonyl (C=O) groups is 2. The van der Waals surface area contributed by atoms with E-state index in [1.165, 1.54) is 0 Å². The van der Waals surface area contributed by atoms with Gasteiger partial charge in [-0.05, 0) is 26.0 Å². The number of aryl methyl sites for hydroxylation is 1. The van der Waals surface area contributed by atoms with Crippen LogP contribution in [-0.4, -0.2) is 57.6 Å². The second-order valence-electron chi connectivity index (χ2n) is 6.47. The van der Waals surface area contributed by atoms with Crippen LogP contribution in [0.1, 0.15) is 32.1 Å². The minimum atomic E-state index is -0.0119. The van der Waals surface area contributed by atoms with Crippen LogP contribution in [0.5, 0.6) is 0 Å². The number of aromatic nitrogens is 2. The first kappa shape index (κ1) is 17.9. The van der Waals surface area contributed by atoms with Gasteiger partial charge in [-0.1, -0.05) is 24.3 Å². The first-order valence-electron chi connectivity index (χ1n) is 8.81. The summed E-state index contributed by atoms with van der Waals surface area (Å²) in [5.41, 5.74) is 2.94. The van der Waals surface area contributed by atoms with Crippen molar-refractivity contribution in [2.75, 3.05) is 26.2 Å². The second kappa shape index (κ2) is 7.56. The van der Waals surface area contributed by atoms with E-state index in [1.807, 2.05) is 49.1 Å². The predicted molar refractivity (Wildman–Crippen MR) is 100 cm³/mol. The summed E-state index contributed by atoms with van der Waals surface area (Å²) < 4.78 is 1.80. The van der Waals surface area contributed by atoms with E-state index in [2.05, 4.69) is 11.7 Å². The number of amides is 2. The highest BCUT2D eigenvalue weighted by Crippen LogP contribution is 2.18. The van der Waals surface area contributed by atoms with Gasteiger partial charge in [-0.2, -0.15) is 5.10 Å². The van der Waals surface area contributed by atoms with Crippen molar-refractivity contribution in [1.29, 1.82) is 0 Å². The van der Waals surface area contributed by atoms with Gasteiger partial charge in [0.05, 0.1) is 17.8 Å². The van der Waals surface area contributed by atoms with Gasteiger partial charge in [0.2, 0.25) is 0 Å². The molecule has 2 heterocycles. The van der Waals surface area contributed by atoms with Crippen molar-refractivity contribution < 1.29 is 9.59 Å². The third-order valence-corrected chi connectivity index (χ3v) is 4.77. The lowest BCUT2D eigenvalue weighted by Gasteiger charge is -2.35. The van der Waals surface area contributed by atoms with Crippen LogP contribution < -0.4 is 0 Å². The van der Waals surface area contributed by atoms with E-state index in [0.29, 0.717) is 43.9 Å². The molecule has 1 fully saturated rings. The molecule has 1 aromatic carbocycles. The maximum atomic E-state index is 12.9. The molecule has 136 valence electrons. The maximum absolute atomic E-state index is 12.9. The normalized spacial score (nSPS) is 14.4. The highest BCUT2D eigenvalue weighted by molar-refractivity contribution is 5.97. The molecule has 3 rings (SSSR count). The zero-order valence-corrected chi connectivity index (χ0v) is 15.3. The molecule has 6 heteroatoms. The lowest BCUT2D eigenvalue weighted by atomic mass is 10.1. The van der Waals surface area contributed by atoms with Gasteiger partial charge in [0.25, 0.3) is 11.8 Å². The molecule has 1 aliphatic rings. The number of nitrogens with zero attached hydrogens (tertiary/aromatic N) is 4. The fraction of sp³-hybridized carbons (Fsp3) is 0.350. The molecule has 26 heavy (non-hydrogen) atoms. The van der Waals surface area contributed by atoms with Gasteiger partial charge in [0, 0.05) is 37.4 Å². The number of carbonyl (C=O) groups excluding carboxylic acids is 2. The quantitative estimate of drug-likeness (QED) is 0.793. The summed E-state index contributed by atoms with van der Waals surface area (Å²) in [6.45, 7) is 10.2. The van der Waals surface area contributed by atoms with Gasteiger partial charge < -0.3 is 9.80 Å². The van der Waals surface area contributed by atoms with E-state index in [0.717, 1.165) is 11.4 Å². The Labute approximate surface area is 153 Å². The number of hydrogen-bond acceptors (Lipinski definition) is 3. The van der Waals surface area contributed by atoms with Crippen molar-refractivity contribution in [2.45, 2.75) is 20.4 Å². The molecule has 0 N–H and O–H groups in total. The number of allylic oxidation sites excluding steroid dienone is 1. The Balaban J connectivity index is 1.68. The summed E-state index contributed by atoms with van der Waals surface area (Å²) in [5, 5.41) is 4.43. The van der Waals surface area contributed by atoms with Crippen molar-refractivity contribution in [3.63, 3.8) is 0 Å². The molecule has 1 aromatic heterocycles. The number of hydrogen-bond donors (Lipinski definition) is 0. The summed E-state index contributed by atoms with van der Waals surface area (Å²) in [5.74, 6) is 0.00554. The van der Waals surface area contributed by atoms with Crippen molar-refractivity contribution in [2.24, 2.45) is 0 Å². The van der Waals surface area contributed by atoms with Crippen LogP contribution in [0, 0.1) is 13.8 Å². The van der Waals surface area contributed by atoms with Gasteiger partial charge in [-0.15, -0.1) is 6.58 Å². The molecule has 0 bridgehead atoms. The molecule has 0 unspecified atom stereocenters. The van der Waals surface area contributed by atoms with E-state index in [4.69, 9.17) is 0 Å². The van der Waals surface area contributed by atoms with Gasteiger partial charge in [-0.3, -0.25) is 14.3 Å². The molecule has 2 amide bonds. The SMILES string of the molecule is C=CCn1nc(C)c(C(=O)N2CCN(C(=O)c3ccccc3)CC2)c1C. The summed E-state index contributed by atoms with van der Waals surface area (Å²) in [7, 11) is 0. The highest BCUT2D eigenvalue weighted by Gasteiger charge is 2.28. The van der Waals surface area contributed by atoms with Crippen LogP contribution in [-0.2, 0) is 6.54 Å². The van der Waals surface area contributed by atoms with Crippen LogP contribution in [0.3, 0.4) is 0 Å². The standard InChI is InChI=1S/C20H24N4O2/c1-4-10-24-16(3)18(15(2)21-24)20(26)23-13-11-22(12-14-23)19(25)17-8-6-5-7-9-17/h4-9H,1,10-14H2,2-3H3. The minimum Gasteiger partial charge on any atom is -0.335 e. The highest BCUT2D eigenvalue weighted by atomic mass is 16.2. The van der Waals surface area contributed by atoms with E-state index in [-0.39, 0.29) is 11.8 Å². The Bertz CT molecular complexity index is 818. The van der Waals surface area contributed by atoms with Crippen LogP contribution in [0.4, 0.5) is 0 Å². The van der Waals surface area contributed by atoms with Crippen molar-refractivity contribution >= 4 is 11.8 Å².